The van der Waals surface area contributed by atoms with E-state index in [0.717, 1.165) is 31.3 Å². The molecule has 2 rings (SSSR count). The molecule has 1 unspecified atom stereocenters. The van der Waals surface area contributed by atoms with Crippen molar-refractivity contribution in [3.8, 4) is 11.5 Å². The molecule has 7 nitrogen and oxygen atoms in total. The average Bonchev–Trinajstić information content (AvgIpc) is 2.61. The fourth-order valence-electron chi connectivity index (χ4n) is 2.56. The van der Waals surface area contributed by atoms with Gasteiger partial charge >= 0.3 is 0 Å². The van der Waals surface area contributed by atoms with E-state index in [1.165, 1.54) is 26.4 Å². The summed E-state index contributed by atoms with van der Waals surface area (Å²) in [5.41, 5.74) is 5.34. The monoisotopic (exact) mass is 400 g/mol. The van der Waals surface area contributed by atoms with Gasteiger partial charge in [0.2, 0.25) is 15.9 Å². The summed E-state index contributed by atoms with van der Waals surface area (Å²) < 4.78 is 64.3. The van der Waals surface area contributed by atoms with Crippen molar-refractivity contribution < 1.29 is 31.5 Å². The number of primary amides is 1. The highest BCUT2D eigenvalue weighted by Gasteiger charge is 2.35. The number of hydrogen-bond acceptors (Lipinski definition) is 5. The van der Waals surface area contributed by atoms with Gasteiger partial charge in [0.1, 0.15) is 22.6 Å². The van der Waals surface area contributed by atoms with E-state index in [2.05, 4.69) is 0 Å². The Hall–Kier alpha value is -2.72. The van der Waals surface area contributed by atoms with Crippen LogP contribution in [0, 0.1) is 11.6 Å². The quantitative estimate of drug-likeness (QED) is 0.765. The van der Waals surface area contributed by atoms with Gasteiger partial charge in [-0.15, -0.1) is 0 Å². The van der Waals surface area contributed by atoms with Crippen LogP contribution in [-0.4, -0.2) is 39.9 Å². The van der Waals surface area contributed by atoms with Crippen molar-refractivity contribution in [3.05, 3.63) is 53.6 Å². The van der Waals surface area contributed by atoms with Crippen LogP contribution >= 0.6 is 0 Å². The molecular weight excluding hydrogens is 382 g/mol. The molecule has 0 bridgehead atoms. The maximum absolute atomic E-state index is 14.4. The summed E-state index contributed by atoms with van der Waals surface area (Å²) in [6.45, 7) is 0. The molecule has 0 fully saturated rings. The third-order valence-electron chi connectivity index (χ3n) is 3.89. The van der Waals surface area contributed by atoms with Crippen molar-refractivity contribution in [1.82, 2.24) is 4.31 Å². The summed E-state index contributed by atoms with van der Waals surface area (Å²) in [6.07, 6.45) is 0. The van der Waals surface area contributed by atoms with E-state index in [-0.39, 0.29) is 17.1 Å². The van der Waals surface area contributed by atoms with Gasteiger partial charge < -0.3 is 15.2 Å². The number of nitrogens with two attached hydrogens (primary N) is 1. The first-order chi connectivity index (χ1) is 12.6. The molecule has 1 atom stereocenters. The van der Waals surface area contributed by atoms with Crippen molar-refractivity contribution in [1.29, 1.82) is 0 Å². The molecule has 10 heteroatoms. The van der Waals surface area contributed by atoms with Gasteiger partial charge in [-0.1, -0.05) is 12.1 Å². The van der Waals surface area contributed by atoms with Crippen LogP contribution in [0.15, 0.2) is 41.3 Å². The number of benzene rings is 2. The van der Waals surface area contributed by atoms with Gasteiger partial charge in [0, 0.05) is 19.2 Å². The summed E-state index contributed by atoms with van der Waals surface area (Å²) in [7, 11) is -0.958. The number of likely N-dealkylation sites (N-methyl/N-ethyl adjacent to an activating group) is 1. The molecule has 1 amide bonds. The average molecular weight is 400 g/mol. The van der Waals surface area contributed by atoms with Crippen LogP contribution < -0.4 is 15.2 Å². The molecular formula is C17H18F2N2O5S. The summed E-state index contributed by atoms with van der Waals surface area (Å²) in [4.78, 5) is 11.1. The molecule has 2 aromatic rings. The number of sulfonamides is 1. The molecule has 0 aliphatic carbocycles. The molecule has 0 aliphatic rings. The minimum absolute atomic E-state index is 0.00631. The molecule has 0 aliphatic heterocycles. The lowest BCUT2D eigenvalue weighted by molar-refractivity contribution is -0.121. The fourth-order valence-corrected chi connectivity index (χ4v) is 3.93. The van der Waals surface area contributed by atoms with Crippen LogP contribution in [0.1, 0.15) is 11.6 Å². The first-order valence-electron chi connectivity index (χ1n) is 7.57. The normalized spacial score (nSPS) is 12.7. The number of carbonyl (C=O) groups is 1. The topological polar surface area (TPSA) is 98.9 Å². The maximum atomic E-state index is 14.4. The van der Waals surface area contributed by atoms with Crippen LogP contribution in [-0.2, 0) is 14.8 Å². The van der Waals surface area contributed by atoms with E-state index >= 15 is 0 Å². The SMILES string of the molecule is COc1cc(F)c(S(=O)(=O)N(C)C(C(N)=O)c2cccc(F)c2)cc1OC. The van der Waals surface area contributed by atoms with E-state index < -0.39 is 38.5 Å². The van der Waals surface area contributed by atoms with Gasteiger partial charge in [0.25, 0.3) is 0 Å². The first-order valence-corrected chi connectivity index (χ1v) is 9.01. The lowest BCUT2D eigenvalue weighted by atomic mass is 10.1. The third kappa shape index (κ3) is 4.01. The minimum atomic E-state index is -4.53. The Labute approximate surface area is 155 Å². The van der Waals surface area contributed by atoms with Gasteiger partial charge in [0.05, 0.1) is 14.2 Å². The van der Waals surface area contributed by atoms with Crippen LogP contribution in [0.4, 0.5) is 8.78 Å². The zero-order valence-electron chi connectivity index (χ0n) is 14.8. The number of hydrogen-bond donors (Lipinski definition) is 1. The second-order valence-corrected chi connectivity index (χ2v) is 7.48. The zero-order chi connectivity index (χ0) is 20.4. The standard InChI is InChI=1S/C17H18F2N2O5S/c1-21(16(17(20)22)10-5-4-6-11(18)7-10)27(23,24)15-9-14(26-3)13(25-2)8-12(15)19/h4-9,16H,1-3H3,(H2,20,22). The molecule has 2 N–H and O–H groups in total. The molecule has 27 heavy (non-hydrogen) atoms. The van der Waals surface area contributed by atoms with Crippen molar-refractivity contribution in [2.45, 2.75) is 10.9 Å². The fraction of sp³-hybridized carbons (Fsp3) is 0.235. The minimum Gasteiger partial charge on any atom is -0.493 e. The summed E-state index contributed by atoms with van der Waals surface area (Å²) in [6, 6.07) is 4.99. The highest BCUT2D eigenvalue weighted by Crippen LogP contribution is 2.35. The smallest absolute Gasteiger partial charge is 0.246 e. The van der Waals surface area contributed by atoms with Crippen LogP contribution in [0.25, 0.3) is 0 Å². The Morgan fingerprint density at radius 1 is 1.11 bits per heavy atom. The van der Waals surface area contributed by atoms with Crippen LogP contribution in [0.2, 0.25) is 0 Å². The molecule has 0 heterocycles. The largest absolute Gasteiger partial charge is 0.493 e. The van der Waals surface area contributed by atoms with E-state index in [0.29, 0.717) is 4.31 Å². The van der Waals surface area contributed by atoms with Gasteiger partial charge in [-0.25, -0.2) is 17.2 Å². The van der Waals surface area contributed by atoms with E-state index in [1.54, 1.807) is 0 Å². The zero-order valence-corrected chi connectivity index (χ0v) is 15.6. The Balaban J connectivity index is 2.58. The number of amides is 1. The second kappa shape index (κ2) is 7.89. The van der Waals surface area contributed by atoms with Crippen molar-refractivity contribution >= 4 is 15.9 Å². The molecule has 146 valence electrons. The Morgan fingerprint density at radius 2 is 1.70 bits per heavy atom. The van der Waals surface area contributed by atoms with Crippen molar-refractivity contribution in [2.75, 3.05) is 21.3 Å². The summed E-state index contributed by atoms with van der Waals surface area (Å²) in [5, 5.41) is 0. The second-order valence-electron chi connectivity index (χ2n) is 5.52. The van der Waals surface area contributed by atoms with Gasteiger partial charge in [0.15, 0.2) is 11.5 Å². The molecule has 0 aromatic heterocycles. The van der Waals surface area contributed by atoms with Crippen molar-refractivity contribution in [3.63, 3.8) is 0 Å². The molecule has 2 aromatic carbocycles. The predicted molar refractivity (Wildman–Crippen MR) is 92.8 cm³/mol. The highest BCUT2D eigenvalue weighted by molar-refractivity contribution is 7.89. The van der Waals surface area contributed by atoms with E-state index in [9.17, 15) is 22.0 Å². The van der Waals surface area contributed by atoms with Gasteiger partial charge in [-0.3, -0.25) is 4.79 Å². The number of carbonyl (C=O) groups excluding carboxylic acids is 1. The van der Waals surface area contributed by atoms with Gasteiger partial charge in [-0.05, 0) is 17.7 Å². The molecule has 0 spiro atoms. The Bertz CT molecular complexity index is 966. The third-order valence-corrected chi connectivity index (χ3v) is 5.73. The number of ether oxygens (including phenoxy) is 2. The molecule has 0 saturated carbocycles. The molecule has 0 saturated heterocycles. The molecule has 0 radical (unpaired) electrons. The number of rotatable bonds is 7. The van der Waals surface area contributed by atoms with E-state index in [1.807, 2.05) is 0 Å². The van der Waals surface area contributed by atoms with Crippen molar-refractivity contribution in [2.24, 2.45) is 5.73 Å². The number of methoxy groups -OCH3 is 2. The number of halogens is 2. The van der Waals surface area contributed by atoms with Crippen LogP contribution in [0.3, 0.4) is 0 Å². The lowest BCUT2D eigenvalue weighted by Crippen LogP contribution is -2.39. The number of nitrogens with zero attached hydrogens (tertiary/aromatic N) is 1. The van der Waals surface area contributed by atoms with Gasteiger partial charge in [-0.2, -0.15) is 4.31 Å². The maximum Gasteiger partial charge on any atom is 0.246 e. The summed E-state index contributed by atoms with van der Waals surface area (Å²) in [5.74, 6) is -2.86. The highest BCUT2D eigenvalue weighted by atomic mass is 32.2. The Morgan fingerprint density at radius 3 is 2.22 bits per heavy atom. The van der Waals surface area contributed by atoms with E-state index in [4.69, 9.17) is 15.2 Å². The van der Waals surface area contributed by atoms with Crippen LogP contribution in [0.5, 0.6) is 11.5 Å². The lowest BCUT2D eigenvalue weighted by Gasteiger charge is -2.26. The Kier molecular flexibility index (Phi) is 6.01. The first kappa shape index (κ1) is 20.6. The summed E-state index contributed by atoms with van der Waals surface area (Å²) >= 11 is 0. The predicted octanol–water partition coefficient (Wildman–Crippen LogP) is 1.83.